The number of thioether (sulfide) groups is 1. The molecule has 0 fully saturated rings. The van der Waals surface area contributed by atoms with Crippen LogP contribution in [0.5, 0.6) is 11.5 Å². The lowest BCUT2D eigenvalue weighted by Crippen LogP contribution is -2.19. The molecular weight excluding hydrogens is 404 g/mol. The van der Waals surface area contributed by atoms with Gasteiger partial charge in [0.15, 0.2) is 11.5 Å². The lowest BCUT2D eigenvalue weighted by molar-refractivity contribution is -0.118. The Balaban J connectivity index is 1.84. The second kappa shape index (κ2) is 10.1. The molecule has 0 heterocycles. The summed E-state index contributed by atoms with van der Waals surface area (Å²) in [5.74, 6) is 2.11. The number of carbonyl (C=O) groups is 1. The maximum Gasteiger partial charge on any atom is 0.250 e. The van der Waals surface area contributed by atoms with Crippen molar-refractivity contribution in [1.82, 2.24) is 5.43 Å². The van der Waals surface area contributed by atoms with Crippen LogP contribution in [0.4, 0.5) is 0 Å². The Hall–Kier alpha value is -1.99. The van der Waals surface area contributed by atoms with Crippen molar-refractivity contribution >= 4 is 39.8 Å². The molecule has 0 unspecified atom stereocenters. The number of nitrogens with one attached hydrogen (secondary N) is 1. The lowest BCUT2D eigenvalue weighted by atomic mass is 10.2. The van der Waals surface area contributed by atoms with Gasteiger partial charge in [0.2, 0.25) is 5.91 Å². The summed E-state index contributed by atoms with van der Waals surface area (Å²) in [6, 6.07) is 13.4. The number of amides is 1. The number of carbonyl (C=O) groups excluding carboxylic acids is 1. The van der Waals surface area contributed by atoms with Crippen molar-refractivity contribution in [2.24, 2.45) is 5.10 Å². The minimum atomic E-state index is -0.157. The van der Waals surface area contributed by atoms with Crippen molar-refractivity contribution < 1.29 is 14.3 Å². The molecule has 2 rings (SSSR count). The molecule has 0 saturated heterocycles. The zero-order valence-electron chi connectivity index (χ0n) is 14.0. The summed E-state index contributed by atoms with van der Waals surface area (Å²) in [7, 11) is 3.13. The Kier molecular flexibility index (Phi) is 7.81. The predicted octanol–water partition coefficient (Wildman–Crippen LogP) is 3.85. The van der Waals surface area contributed by atoms with E-state index in [-0.39, 0.29) is 5.91 Å². The Morgan fingerprint density at radius 2 is 2.00 bits per heavy atom. The molecule has 0 bridgehead atoms. The van der Waals surface area contributed by atoms with Crippen LogP contribution in [0.25, 0.3) is 0 Å². The largest absolute Gasteiger partial charge is 0.493 e. The van der Waals surface area contributed by atoms with Gasteiger partial charge in [0.25, 0.3) is 0 Å². The normalized spacial score (nSPS) is 10.7. The third-order valence-electron chi connectivity index (χ3n) is 3.27. The first kappa shape index (κ1) is 19.3. The highest BCUT2D eigenvalue weighted by atomic mass is 79.9. The van der Waals surface area contributed by atoms with Crippen molar-refractivity contribution in [3.05, 3.63) is 58.1 Å². The summed E-state index contributed by atoms with van der Waals surface area (Å²) in [6.45, 7) is 0. The maximum atomic E-state index is 11.9. The summed E-state index contributed by atoms with van der Waals surface area (Å²) in [5.41, 5.74) is 4.40. The topological polar surface area (TPSA) is 59.9 Å². The van der Waals surface area contributed by atoms with Gasteiger partial charge in [0.1, 0.15) is 0 Å². The molecule has 0 spiro atoms. The first-order chi connectivity index (χ1) is 12.2. The predicted molar refractivity (Wildman–Crippen MR) is 106 cm³/mol. The number of benzene rings is 2. The molecule has 25 heavy (non-hydrogen) atoms. The van der Waals surface area contributed by atoms with Gasteiger partial charge in [-0.1, -0.05) is 40.2 Å². The SMILES string of the molecule is COc1cccc(/C=N/NC(=O)CSCc2ccccc2Br)c1OC. The van der Waals surface area contributed by atoms with E-state index in [1.807, 2.05) is 36.4 Å². The summed E-state index contributed by atoms with van der Waals surface area (Å²) < 4.78 is 11.6. The summed E-state index contributed by atoms with van der Waals surface area (Å²) >= 11 is 5.03. The number of hydrogen-bond donors (Lipinski definition) is 1. The molecule has 1 amide bonds. The molecule has 5 nitrogen and oxygen atoms in total. The molecule has 0 aliphatic heterocycles. The minimum absolute atomic E-state index is 0.157. The maximum absolute atomic E-state index is 11.9. The molecule has 7 heteroatoms. The second-order valence-corrected chi connectivity index (χ2v) is 6.80. The lowest BCUT2D eigenvalue weighted by Gasteiger charge is -2.09. The summed E-state index contributed by atoms with van der Waals surface area (Å²) in [5, 5.41) is 3.99. The molecule has 0 atom stereocenters. The van der Waals surface area contributed by atoms with E-state index in [4.69, 9.17) is 9.47 Å². The average molecular weight is 423 g/mol. The van der Waals surface area contributed by atoms with Crippen LogP contribution in [-0.2, 0) is 10.5 Å². The fraction of sp³-hybridized carbons (Fsp3) is 0.222. The molecule has 0 saturated carbocycles. The Labute approximate surface area is 159 Å². The summed E-state index contributed by atoms with van der Waals surface area (Å²) in [6.07, 6.45) is 1.54. The molecule has 132 valence electrons. The number of para-hydroxylation sites is 1. The van der Waals surface area contributed by atoms with Crippen LogP contribution in [0.1, 0.15) is 11.1 Å². The van der Waals surface area contributed by atoms with Gasteiger partial charge in [-0.3, -0.25) is 4.79 Å². The molecule has 0 aliphatic rings. The van der Waals surface area contributed by atoms with E-state index in [1.165, 1.54) is 18.0 Å². The first-order valence-corrected chi connectivity index (χ1v) is 9.44. The van der Waals surface area contributed by atoms with Crippen LogP contribution >= 0.6 is 27.7 Å². The molecule has 0 aromatic heterocycles. The van der Waals surface area contributed by atoms with Crippen LogP contribution in [0, 0.1) is 0 Å². The van der Waals surface area contributed by atoms with Crippen molar-refractivity contribution in [3.8, 4) is 11.5 Å². The van der Waals surface area contributed by atoms with Crippen LogP contribution in [-0.4, -0.2) is 32.1 Å². The fourth-order valence-electron chi connectivity index (χ4n) is 2.09. The number of nitrogens with zero attached hydrogens (tertiary/aromatic N) is 1. The average Bonchev–Trinajstić information content (AvgIpc) is 2.63. The van der Waals surface area contributed by atoms with E-state index in [0.717, 1.165) is 21.4 Å². The first-order valence-electron chi connectivity index (χ1n) is 7.49. The fourth-order valence-corrected chi connectivity index (χ4v) is 3.52. The van der Waals surface area contributed by atoms with E-state index in [1.54, 1.807) is 20.3 Å². The van der Waals surface area contributed by atoms with E-state index in [0.29, 0.717) is 17.3 Å². The van der Waals surface area contributed by atoms with E-state index in [2.05, 4.69) is 26.5 Å². The number of halogens is 1. The van der Waals surface area contributed by atoms with Crippen LogP contribution in [0.3, 0.4) is 0 Å². The third kappa shape index (κ3) is 5.79. The second-order valence-electron chi connectivity index (χ2n) is 4.96. The van der Waals surface area contributed by atoms with E-state index in [9.17, 15) is 4.79 Å². The molecule has 0 radical (unpaired) electrons. The zero-order chi connectivity index (χ0) is 18.1. The molecule has 2 aromatic carbocycles. The van der Waals surface area contributed by atoms with E-state index < -0.39 is 0 Å². The van der Waals surface area contributed by atoms with Gasteiger partial charge >= 0.3 is 0 Å². The molecule has 1 N–H and O–H groups in total. The Morgan fingerprint density at radius 1 is 1.20 bits per heavy atom. The van der Waals surface area contributed by atoms with Crippen LogP contribution in [0.2, 0.25) is 0 Å². The quantitative estimate of drug-likeness (QED) is 0.518. The van der Waals surface area contributed by atoms with Crippen molar-refractivity contribution in [1.29, 1.82) is 0 Å². The van der Waals surface area contributed by atoms with Crippen LogP contribution in [0.15, 0.2) is 52.0 Å². The van der Waals surface area contributed by atoms with Gasteiger partial charge in [-0.25, -0.2) is 5.43 Å². The van der Waals surface area contributed by atoms with Crippen LogP contribution < -0.4 is 14.9 Å². The molecular formula is C18H19BrN2O3S. The smallest absolute Gasteiger partial charge is 0.250 e. The highest BCUT2D eigenvalue weighted by Gasteiger charge is 2.07. The zero-order valence-corrected chi connectivity index (χ0v) is 16.4. The van der Waals surface area contributed by atoms with Crippen molar-refractivity contribution in [3.63, 3.8) is 0 Å². The third-order valence-corrected chi connectivity index (χ3v) is 5.03. The number of methoxy groups -OCH3 is 2. The van der Waals surface area contributed by atoms with Crippen molar-refractivity contribution in [2.45, 2.75) is 5.75 Å². The monoisotopic (exact) mass is 422 g/mol. The van der Waals surface area contributed by atoms with Gasteiger partial charge in [-0.2, -0.15) is 5.10 Å². The van der Waals surface area contributed by atoms with Gasteiger partial charge in [-0.05, 0) is 23.8 Å². The highest BCUT2D eigenvalue weighted by Crippen LogP contribution is 2.29. The summed E-state index contributed by atoms with van der Waals surface area (Å²) in [4.78, 5) is 11.9. The highest BCUT2D eigenvalue weighted by molar-refractivity contribution is 9.10. The van der Waals surface area contributed by atoms with Gasteiger partial charge in [0, 0.05) is 15.8 Å². The number of hydrogen-bond acceptors (Lipinski definition) is 5. The Bertz CT molecular complexity index is 753. The standard InChI is InChI=1S/C18H19BrN2O3S/c1-23-16-9-5-7-13(18(16)24-2)10-20-21-17(22)12-25-11-14-6-3-4-8-15(14)19/h3-10H,11-12H2,1-2H3,(H,21,22)/b20-10+. The Morgan fingerprint density at radius 3 is 2.72 bits per heavy atom. The number of hydrazone groups is 1. The number of rotatable bonds is 8. The van der Waals surface area contributed by atoms with Gasteiger partial charge < -0.3 is 9.47 Å². The minimum Gasteiger partial charge on any atom is -0.493 e. The van der Waals surface area contributed by atoms with Gasteiger partial charge in [-0.15, -0.1) is 11.8 Å². The number of ether oxygens (including phenoxy) is 2. The van der Waals surface area contributed by atoms with Gasteiger partial charge in [0.05, 0.1) is 26.2 Å². The molecule has 0 aliphatic carbocycles. The van der Waals surface area contributed by atoms with E-state index >= 15 is 0 Å². The molecule has 2 aromatic rings. The van der Waals surface area contributed by atoms with Crippen molar-refractivity contribution in [2.75, 3.05) is 20.0 Å².